The van der Waals surface area contributed by atoms with E-state index in [1.165, 1.54) is 0 Å². The van der Waals surface area contributed by atoms with Crippen LogP contribution in [-0.2, 0) is 4.74 Å². The van der Waals surface area contributed by atoms with Crippen LogP contribution in [0.5, 0.6) is 0 Å². The summed E-state index contributed by atoms with van der Waals surface area (Å²) in [6.45, 7) is 4.60. The molecule has 0 aliphatic rings. The highest BCUT2D eigenvalue weighted by molar-refractivity contribution is 6.30. The Labute approximate surface area is 101 Å². The molecule has 1 aromatic carbocycles. The van der Waals surface area contributed by atoms with E-state index < -0.39 is 6.09 Å². The molecule has 1 N–H and O–H groups in total. The van der Waals surface area contributed by atoms with Crippen molar-refractivity contribution in [2.75, 3.05) is 11.9 Å². The zero-order valence-corrected chi connectivity index (χ0v) is 10.3. The number of ether oxygens (including phenoxy) is 1. The molecule has 88 valence electrons. The van der Waals surface area contributed by atoms with Gasteiger partial charge in [-0.05, 0) is 30.5 Å². The van der Waals surface area contributed by atoms with E-state index in [1.807, 2.05) is 0 Å². The molecule has 0 unspecified atom stereocenters. The average molecular weight is 242 g/mol. The van der Waals surface area contributed by atoms with E-state index in [1.54, 1.807) is 24.3 Å². The number of amides is 1. The van der Waals surface area contributed by atoms with Crippen molar-refractivity contribution < 1.29 is 9.53 Å². The number of rotatable bonds is 4. The van der Waals surface area contributed by atoms with Crippen molar-refractivity contribution in [3.63, 3.8) is 0 Å². The smallest absolute Gasteiger partial charge is 0.411 e. The van der Waals surface area contributed by atoms with Crippen LogP contribution in [0.25, 0.3) is 0 Å². The number of benzene rings is 1. The van der Waals surface area contributed by atoms with E-state index in [0.29, 0.717) is 23.2 Å². The minimum absolute atomic E-state index is 0.435. The molecule has 0 atom stereocenters. The molecule has 0 aliphatic carbocycles. The molecule has 0 radical (unpaired) electrons. The lowest BCUT2D eigenvalue weighted by atomic mass is 10.1. The second-order valence-corrected chi connectivity index (χ2v) is 4.39. The Bertz CT molecular complexity index is 353. The largest absolute Gasteiger partial charge is 0.449 e. The Balaban J connectivity index is 2.34. The summed E-state index contributed by atoms with van der Waals surface area (Å²) in [6.07, 6.45) is 0.422. The number of halogens is 1. The Morgan fingerprint density at radius 2 is 2.25 bits per heavy atom. The molecule has 0 fully saturated rings. The Morgan fingerprint density at radius 1 is 1.50 bits per heavy atom. The van der Waals surface area contributed by atoms with Gasteiger partial charge in [0.05, 0.1) is 6.61 Å². The minimum atomic E-state index is -0.442. The molecule has 0 aliphatic heterocycles. The fourth-order valence-corrected chi connectivity index (χ4v) is 1.30. The zero-order chi connectivity index (χ0) is 12.0. The average Bonchev–Trinajstić information content (AvgIpc) is 2.16. The number of carbonyl (C=O) groups excluding carboxylic acids is 1. The van der Waals surface area contributed by atoms with Gasteiger partial charge in [-0.1, -0.05) is 31.5 Å². The van der Waals surface area contributed by atoms with Gasteiger partial charge in [-0.2, -0.15) is 0 Å². The Kier molecular flexibility index (Phi) is 5.12. The molecular formula is C12H16ClNO2. The second kappa shape index (κ2) is 6.38. The van der Waals surface area contributed by atoms with Crippen molar-refractivity contribution in [2.24, 2.45) is 5.92 Å². The van der Waals surface area contributed by atoms with Crippen molar-refractivity contribution in [3.05, 3.63) is 29.3 Å². The van der Waals surface area contributed by atoms with Crippen LogP contribution < -0.4 is 5.32 Å². The van der Waals surface area contributed by atoms with Gasteiger partial charge in [0.1, 0.15) is 0 Å². The van der Waals surface area contributed by atoms with Gasteiger partial charge >= 0.3 is 6.09 Å². The van der Waals surface area contributed by atoms with Crippen molar-refractivity contribution in [3.8, 4) is 0 Å². The molecule has 0 saturated carbocycles. The van der Waals surface area contributed by atoms with Crippen molar-refractivity contribution in [1.29, 1.82) is 0 Å². The molecule has 0 bridgehead atoms. The highest BCUT2D eigenvalue weighted by Crippen LogP contribution is 2.15. The molecule has 0 saturated heterocycles. The fraction of sp³-hybridized carbons (Fsp3) is 0.417. The SMILES string of the molecule is CC(C)CCOC(=O)Nc1cccc(Cl)c1. The van der Waals surface area contributed by atoms with Crippen molar-refractivity contribution in [2.45, 2.75) is 20.3 Å². The van der Waals surface area contributed by atoms with E-state index in [0.717, 1.165) is 6.42 Å². The molecule has 1 aromatic rings. The Morgan fingerprint density at radius 3 is 2.88 bits per heavy atom. The van der Waals surface area contributed by atoms with Gasteiger partial charge < -0.3 is 4.74 Å². The number of hydrogen-bond donors (Lipinski definition) is 1. The lowest BCUT2D eigenvalue weighted by Crippen LogP contribution is -2.15. The van der Waals surface area contributed by atoms with Gasteiger partial charge in [0, 0.05) is 10.7 Å². The van der Waals surface area contributed by atoms with Gasteiger partial charge in [0.2, 0.25) is 0 Å². The van der Waals surface area contributed by atoms with Crippen molar-refractivity contribution in [1.82, 2.24) is 0 Å². The van der Waals surface area contributed by atoms with Crippen LogP contribution in [0.3, 0.4) is 0 Å². The minimum Gasteiger partial charge on any atom is -0.449 e. The first-order valence-corrected chi connectivity index (χ1v) is 5.65. The summed E-state index contributed by atoms with van der Waals surface area (Å²) < 4.78 is 5.00. The lowest BCUT2D eigenvalue weighted by Gasteiger charge is -2.08. The third-order valence-electron chi connectivity index (χ3n) is 2.00. The molecule has 16 heavy (non-hydrogen) atoms. The highest BCUT2D eigenvalue weighted by Gasteiger charge is 2.03. The lowest BCUT2D eigenvalue weighted by molar-refractivity contribution is 0.155. The van der Waals surface area contributed by atoms with Crippen LogP contribution in [0.2, 0.25) is 5.02 Å². The Hall–Kier alpha value is -1.22. The van der Waals surface area contributed by atoms with Gasteiger partial charge in [-0.15, -0.1) is 0 Å². The van der Waals surface area contributed by atoms with Crippen LogP contribution in [0.15, 0.2) is 24.3 Å². The first-order valence-electron chi connectivity index (χ1n) is 5.27. The molecule has 4 heteroatoms. The van der Waals surface area contributed by atoms with Crippen LogP contribution in [0.1, 0.15) is 20.3 Å². The zero-order valence-electron chi connectivity index (χ0n) is 9.50. The molecule has 0 aromatic heterocycles. The monoisotopic (exact) mass is 241 g/mol. The normalized spacial score (nSPS) is 10.2. The summed E-state index contributed by atoms with van der Waals surface area (Å²) >= 11 is 5.78. The summed E-state index contributed by atoms with van der Waals surface area (Å²) in [7, 11) is 0. The van der Waals surface area contributed by atoms with Crippen molar-refractivity contribution >= 4 is 23.4 Å². The maximum atomic E-state index is 11.3. The first-order chi connectivity index (χ1) is 7.58. The van der Waals surface area contributed by atoms with Crippen LogP contribution in [0.4, 0.5) is 10.5 Å². The van der Waals surface area contributed by atoms with Crippen LogP contribution in [0, 0.1) is 5.92 Å². The van der Waals surface area contributed by atoms with E-state index >= 15 is 0 Å². The van der Waals surface area contributed by atoms with Gasteiger partial charge in [-0.3, -0.25) is 5.32 Å². The summed E-state index contributed by atoms with van der Waals surface area (Å²) in [4.78, 5) is 11.3. The molecule has 0 heterocycles. The quantitative estimate of drug-likeness (QED) is 0.867. The van der Waals surface area contributed by atoms with E-state index in [2.05, 4.69) is 19.2 Å². The molecule has 3 nitrogen and oxygen atoms in total. The number of anilines is 1. The van der Waals surface area contributed by atoms with E-state index in [4.69, 9.17) is 16.3 Å². The number of hydrogen-bond acceptors (Lipinski definition) is 2. The first kappa shape index (κ1) is 12.8. The fourth-order valence-electron chi connectivity index (χ4n) is 1.11. The topological polar surface area (TPSA) is 38.3 Å². The third-order valence-corrected chi connectivity index (χ3v) is 2.23. The van der Waals surface area contributed by atoms with Gasteiger partial charge in [0.15, 0.2) is 0 Å². The second-order valence-electron chi connectivity index (χ2n) is 3.95. The highest BCUT2D eigenvalue weighted by atomic mass is 35.5. The number of carbonyl (C=O) groups is 1. The summed E-state index contributed by atoms with van der Waals surface area (Å²) in [5, 5.41) is 3.19. The van der Waals surface area contributed by atoms with E-state index in [-0.39, 0.29) is 0 Å². The summed E-state index contributed by atoms with van der Waals surface area (Å²) in [6, 6.07) is 6.95. The molecule has 1 amide bonds. The molecule has 1 rings (SSSR count). The van der Waals surface area contributed by atoms with Gasteiger partial charge in [0.25, 0.3) is 0 Å². The molecular weight excluding hydrogens is 226 g/mol. The maximum absolute atomic E-state index is 11.3. The van der Waals surface area contributed by atoms with Crippen LogP contribution >= 0.6 is 11.6 Å². The third kappa shape index (κ3) is 5.03. The van der Waals surface area contributed by atoms with Crippen LogP contribution in [-0.4, -0.2) is 12.7 Å². The molecule has 0 spiro atoms. The number of nitrogens with one attached hydrogen (secondary N) is 1. The predicted octanol–water partition coefficient (Wildman–Crippen LogP) is 3.93. The predicted molar refractivity (Wildman–Crippen MR) is 65.9 cm³/mol. The summed E-state index contributed by atoms with van der Waals surface area (Å²) in [5.74, 6) is 0.527. The maximum Gasteiger partial charge on any atom is 0.411 e. The van der Waals surface area contributed by atoms with E-state index in [9.17, 15) is 4.79 Å². The van der Waals surface area contributed by atoms with Gasteiger partial charge in [-0.25, -0.2) is 4.79 Å². The standard InChI is InChI=1S/C12H16ClNO2/c1-9(2)6-7-16-12(15)14-11-5-3-4-10(13)8-11/h3-5,8-9H,6-7H2,1-2H3,(H,14,15). The summed E-state index contributed by atoms with van der Waals surface area (Å²) in [5.41, 5.74) is 0.641.